The second-order valence-corrected chi connectivity index (χ2v) is 7.80. The van der Waals surface area contributed by atoms with Crippen molar-refractivity contribution in [1.29, 1.82) is 0 Å². The smallest absolute Gasteiger partial charge is 0.00880 e. The van der Waals surface area contributed by atoms with E-state index in [1.54, 1.807) is 11.1 Å². The van der Waals surface area contributed by atoms with Crippen molar-refractivity contribution in [2.75, 3.05) is 0 Å². The Bertz CT molecular complexity index is 572. The summed E-state index contributed by atoms with van der Waals surface area (Å²) in [5.74, 6) is 1.72. The fraction of sp³-hybridized carbons (Fsp3) is 0.565. The lowest BCUT2D eigenvalue weighted by Crippen LogP contribution is -2.20. The van der Waals surface area contributed by atoms with Crippen molar-refractivity contribution in [2.45, 2.75) is 70.6 Å². The van der Waals surface area contributed by atoms with Gasteiger partial charge in [0.05, 0.1) is 0 Å². The summed E-state index contributed by atoms with van der Waals surface area (Å²) >= 11 is 0. The highest BCUT2D eigenvalue weighted by atomic mass is 14.3. The molecular formula is C23H30. The van der Waals surface area contributed by atoms with E-state index < -0.39 is 0 Å². The number of rotatable bonds is 2. The van der Waals surface area contributed by atoms with Gasteiger partial charge in [0, 0.05) is 0 Å². The maximum absolute atomic E-state index is 2.47. The molecule has 0 aromatic heterocycles. The first-order chi connectivity index (χ1) is 11.4. The molecule has 2 saturated carbocycles. The molecule has 0 spiro atoms. The Labute approximate surface area is 141 Å². The zero-order chi connectivity index (χ0) is 15.5. The van der Waals surface area contributed by atoms with Crippen molar-refractivity contribution in [3.63, 3.8) is 0 Å². The molecule has 3 aliphatic rings. The van der Waals surface area contributed by atoms with Crippen LogP contribution in [-0.2, 0) is 6.42 Å². The molecule has 1 aromatic rings. The third-order valence-electron chi connectivity index (χ3n) is 6.33. The van der Waals surface area contributed by atoms with Crippen LogP contribution in [0.25, 0.3) is 5.57 Å². The molecule has 3 aliphatic carbocycles. The summed E-state index contributed by atoms with van der Waals surface area (Å²) in [6.07, 6.45) is 20.4. The van der Waals surface area contributed by atoms with Crippen molar-refractivity contribution in [3.05, 3.63) is 53.1 Å². The fourth-order valence-electron chi connectivity index (χ4n) is 5.21. The van der Waals surface area contributed by atoms with Crippen molar-refractivity contribution in [2.24, 2.45) is 11.8 Å². The zero-order valence-electron chi connectivity index (χ0n) is 14.4. The summed E-state index contributed by atoms with van der Waals surface area (Å²) in [6.45, 7) is 0. The SMILES string of the molecule is C1=CC(=C(C2CCCCC2)C2CCCCC2)c2ccccc2C1. The van der Waals surface area contributed by atoms with Crippen LogP contribution in [0.2, 0.25) is 0 Å². The van der Waals surface area contributed by atoms with Gasteiger partial charge in [0.1, 0.15) is 0 Å². The molecule has 0 bridgehead atoms. The summed E-state index contributed by atoms with van der Waals surface area (Å²) in [5.41, 5.74) is 6.55. The van der Waals surface area contributed by atoms with Gasteiger partial charge >= 0.3 is 0 Å². The summed E-state index contributed by atoms with van der Waals surface area (Å²) in [4.78, 5) is 0. The molecular weight excluding hydrogens is 276 g/mol. The molecule has 1 aromatic carbocycles. The molecule has 0 unspecified atom stereocenters. The monoisotopic (exact) mass is 306 g/mol. The second-order valence-electron chi connectivity index (χ2n) is 7.80. The maximum Gasteiger partial charge on any atom is -0.00880 e. The van der Waals surface area contributed by atoms with Crippen LogP contribution in [0.15, 0.2) is 42.0 Å². The lowest BCUT2D eigenvalue weighted by molar-refractivity contribution is 0.328. The number of allylic oxidation sites excluding steroid dienone is 4. The van der Waals surface area contributed by atoms with Crippen molar-refractivity contribution < 1.29 is 0 Å². The van der Waals surface area contributed by atoms with Crippen LogP contribution in [0.4, 0.5) is 0 Å². The first-order valence-electron chi connectivity index (χ1n) is 9.92. The van der Waals surface area contributed by atoms with Crippen LogP contribution >= 0.6 is 0 Å². The summed E-state index contributed by atoms with van der Waals surface area (Å²) in [5, 5.41) is 0. The van der Waals surface area contributed by atoms with Gasteiger partial charge in [-0.05, 0) is 60.6 Å². The Morgan fingerprint density at radius 3 is 2.00 bits per heavy atom. The molecule has 0 nitrogen and oxygen atoms in total. The minimum atomic E-state index is 0.859. The van der Waals surface area contributed by atoms with E-state index in [1.807, 2.05) is 5.57 Å². The van der Waals surface area contributed by atoms with E-state index in [0.29, 0.717) is 0 Å². The molecule has 4 rings (SSSR count). The summed E-state index contributed by atoms with van der Waals surface area (Å²) in [6, 6.07) is 9.14. The molecule has 0 saturated heterocycles. The Kier molecular flexibility index (Phi) is 4.69. The van der Waals surface area contributed by atoms with Crippen LogP contribution in [0.1, 0.15) is 75.3 Å². The first-order valence-corrected chi connectivity index (χ1v) is 9.92. The summed E-state index contributed by atoms with van der Waals surface area (Å²) in [7, 11) is 0. The van der Waals surface area contributed by atoms with Crippen LogP contribution in [-0.4, -0.2) is 0 Å². The molecule has 0 N–H and O–H groups in total. The lowest BCUT2D eigenvalue weighted by Gasteiger charge is -2.35. The second kappa shape index (κ2) is 7.07. The van der Waals surface area contributed by atoms with E-state index in [4.69, 9.17) is 0 Å². The molecule has 0 atom stereocenters. The summed E-state index contributed by atoms with van der Waals surface area (Å²) < 4.78 is 0. The molecule has 0 heteroatoms. The standard InChI is InChI=1S/C23H30/c1-3-11-19(12-4-1)23(20-13-5-2-6-14-20)22-17-9-15-18-10-7-8-16-21(18)22/h7-10,16-17,19-20H,1-6,11-15H2. The van der Waals surface area contributed by atoms with Gasteiger partial charge in [-0.2, -0.15) is 0 Å². The zero-order valence-corrected chi connectivity index (χ0v) is 14.4. The van der Waals surface area contributed by atoms with Crippen molar-refractivity contribution in [1.82, 2.24) is 0 Å². The average Bonchev–Trinajstić information content (AvgIpc) is 2.64. The third-order valence-corrected chi connectivity index (χ3v) is 6.33. The van der Waals surface area contributed by atoms with Gasteiger partial charge in [-0.3, -0.25) is 0 Å². The van der Waals surface area contributed by atoms with E-state index in [1.165, 1.54) is 69.8 Å². The van der Waals surface area contributed by atoms with E-state index in [0.717, 1.165) is 18.3 Å². The van der Waals surface area contributed by atoms with Gasteiger partial charge in [-0.1, -0.05) is 80.5 Å². The average molecular weight is 306 g/mol. The Hall–Kier alpha value is -1.30. The van der Waals surface area contributed by atoms with Crippen LogP contribution in [0.5, 0.6) is 0 Å². The molecule has 0 radical (unpaired) electrons. The van der Waals surface area contributed by atoms with E-state index in [2.05, 4.69) is 36.4 Å². The fourth-order valence-corrected chi connectivity index (χ4v) is 5.21. The normalized spacial score (nSPS) is 22.9. The minimum absolute atomic E-state index is 0.859. The first kappa shape index (κ1) is 15.2. The Morgan fingerprint density at radius 2 is 1.35 bits per heavy atom. The van der Waals surface area contributed by atoms with Crippen LogP contribution in [0.3, 0.4) is 0 Å². The largest absolute Gasteiger partial charge is 0.0795 e. The molecule has 23 heavy (non-hydrogen) atoms. The van der Waals surface area contributed by atoms with Gasteiger partial charge in [0.2, 0.25) is 0 Å². The topological polar surface area (TPSA) is 0 Å². The van der Waals surface area contributed by atoms with Crippen LogP contribution < -0.4 is 0 Å². The molecule has 2 fully saturated rings. The quantitative estimate of drug-likeness (QED) is 0.569. The lowest BCUT2D eigenvalue weighted by atomic mass is 9.70. The van der Waals surface area contributed by atoms with Gasteiger partial charge < -0.3 is 0 Å². The predicted octanol–water partition coefficient (Wildman–Crippen LogP) is 6.71. The number of hydrogen-bond acceptors (Lipinski definition) is 0. The highest BCUT2D eigenvalue weighted by Crippen LogP contribution is 2.44. The minimum Gasteiger partial charge on any atom is -0.0795 e. The number of hydrogen-bond donors (Lipinski definition) is 0. The van der Waals surface area contributed by atoms with Crippen LogP contribution in [0, 0.1) is 11.8 Å². The third kappa shape index (κ3) is 3.18. The van der Waals surface area contributed by atoms with Gasteiger partial charge in [-0.15, -0.1) is 0 Å². The molecule has 0 aliphatic heterocycles. The van der Waals surface area contributed by atoms with Gasteiger partial charge in [-0.25, -0.2) is 0 Å². The number of benzene rings is 1. The molecule has 0 heterocycles. The maximum atomic E-state index is 2.47. The van der Waals surface area contributed by atoms with Gasteiger partial charge in [0.15, 0.2) is 0 Å². The van der Waals surface area contributed by atoms with Gasteiger partial charge in [0.25, 0.3) is 0 Å². The van der Waals surface area contributed by atoms with E-state index in [-0.39, 0.29) is 0 Å². The number of fused-ring (bicyclic) bond motifs is 1. The van der Waals surface area contributed by atoms with E-state index >= 15 is 0 Å². The molecule has 122 valence electrons. The van der Waals surface area contributed by atoms with Crippen molar-refractivity contribution in [3.8, 4) is 0 Å². The van der Waals surface area contributed by atoms with Crippen molar-refractivity contribution >= 4 is 5.57 Å². The Morgan fingerprint density at radius 1 is 0.739 bits per heavy atom. The Balaban J connectivity index is 1.79. The highest BCUT2D eigenvalue weighted by Gasteiger charge is 2.29. The molecule has 0 amide bonds. The highest BCUT2D eigenvalue weighted by molar-refractivity contribution is 5.81. The van der Waals surface area contributed by atoms with E-state index in [9.17, 15) is 0 Å². The predicted molar refractivity (Wildman–Crippen MR) is 99.4 cm³/mol.